The van der Waals surface area contributed by atoms with Crippen LogP contribution in [0.4, 0.5) is 0 Å². The molecule has 0 bridgehead atoms. The number of rotatable bonds is 29. The monoisotopic (exact) mass is 534 g/mol. The van der Waals surface area contributed by atoms with E-state index in [1.54, 1.807) is 0 Å². The topological polar surface area (TPSA) is 63.6 Å². The Hall–Kier alpha value is -1.58. The van der Waals surface area contributed by atoms with E-state index in [1.165, 1.54) is 89.9 Å². The second-order valence-corrected chi connectivity index (χ2v) is 11.0. The van der Waals surface area contributed by atoms with Gasteiger partial charge in [0.2, 0.25) is 0 Å². The van der Waals surface area contributed by atoms with Gasteiger partial charge in [0, 0.05) is 12.8 Å². The fraction of sp³-hybridized carbons (Fsp3) is 0.824. The van der Waals surface area contributed by atoms with Crippen molar-refractivity contribution in [2.45, 2.75) is 180 Å². The van der Waals surface area contributed by atoms with Crippen LogP contribution in [0.25, 0.3) is 0 Å². The molecule has 0 saturated carbocycles. The Labute approximate surface area is 236 Å². The normalized spacial score (nSPS) is 12.5. The molecule has 0 fully saturated rings. The van der Waals surface area contributed by atoms with Crippen molar-refractivity contribution in [1.82, 2.24) is 0 Å². The van der Waals surface area contributed by atoms with Crippen LogP contribution in [0.5, 0.6) is 0 Å². The molecule has 0 aromatic rings. The van der Waals surface area contributed by atoms with Gasteiger partial charge in [-0.15, -0.1) is 0 Å². The van der Waals surface area contributed by atoms with Crippen molar-refractivity contribution in [3.05, 3.63) is 24.3 Å². The number of aliphatic carboxylic acids is 1. The van der Waals surface area contributed by atoms with E-state index in [9.17, 15) is 9.59 Å². The highest BCUT2D eigenvalue weighted by atomic mass is 16.5. The van der Waals surface area contributed by atoms with Gasteiger partial charge in [0.15, 0.2) is 0 Å². The lowest BCUT2D eigenvalue weighted by atomic mass is 10.0. The first kappa shape index (κ1) is 36.4. The van der Waals surface area contributed by atoms with Crippen LogP contribution in [0.15, 0.2) is 24.3 Å². The van der Waals surface area contributed by atoms with E-state index in [1.807, 2.05) is 0 Å². The smallest absolute Gasteiger partial charge is 0.306 e. The molecule has 38 heavy (non-hydrogen) atoms. The SMILES string of the molecule is CCCCC/C=C\C/C=C\CCCCCCCC(=O)OC(CC)CCCCCCCCCCCCC(=O)O. The predicted molar refractivity (Wildman–Crippen MR) is 163 cm³/mol. The summed E-state index contributed by atoms with van der Waals surface area (Å²) in [4.78, 5) is 22.7. The van der Waals surface area contributed by atoms with Crippen molar-refractivity contribution in [2.24, 2.45) is 0 Å². The minimum absolute atomic E-state index is 0.00844. The molecule has 0 saturated heterocycles. The molecule has 1 atom stereocenters. The summed E-state index contributed by atoms with van der Waals surface area (Å²) in [5.74, 6) is -0.687. The Bertz CT molecular complexity index is 581. The molecule has 0 aromatic carbocycles. The first-order valence-corrected chi connectivity index (χ1v) is 16.3. The Morgan fingerprint density at radius 3 is 1.61 bits per heavy atom. The molecule has 0 heterocycles. The average Bonchev–Trinajstić information content (AvgIpc) is 2.90. The van der Waals surface area contributed by atoms with Gasteiger partial charge in [-0.2, -0.15) is 0 Å². The summed E-state index contributed by atoms with van der Waals surface area (Å²) in [6.07, 6.45) is 36.9. The molecular formula is C34H62O4. The molecule has 0 aliphatic heterocycles. The first-order chi connectivity index (χ1) is 18.6. The predicted octanol–water partition coefficient (Wildman–Crippen LogP) is 10.9. The van der Waals surface area contributed by atoms with Crippen LogP contribution in [0.3, 0.4) is 0 Å². The van der Waals surface area contributed by atoms with E-state index in [2.05, 4.69) is 38.2 Å². The average molecular weight is 535 g/mol. The maximum atomic E-state index is 12.2. The number of carboxylic acids is 1. The summed E-state index contributed by atoms with van der Waals surface area (Å²) in [5.41, 5.74) is 0. The molecule has 4 nitrogen and oxygen atoms in total. The van der Waals surface area contributed by atoms with Crippen LogP contribution in [0, 0.1) is 0 Å². The molecule has 1 N–H and O–H groups in total. The fourth-order valence-corrected chi connectivity index (χ4v) is 4.73. The number of hydrogen-bond donors (Lipinski definition) is 1. The summed E-state index contributed by atoms with van der Waals surface area (Å²) < 4.78 is 5.74. The van der Waals surface area contributed by atoms with E-state index in [4.69, 9.17) is 9.84 Å². The highest BCUT2D eigenvalue weighted by Gasteiger charge is 2.12. The van der Waals surface area contributed by atoms with E-state index < -0.39 is 5.97 Å². The lowest BCUT2D eigenvalue weighted by molar-refractivity contribution is -0.149. The summed E-state index contributed by atoms with van der Waals surface area (Å²) in [6, 6.07) is 0. The first-order valence-electron chi connectivity index (χ1n) is 16.3. The maximum absolute atomic E-state index is 12.2. The van der Waals surface area contributed by atoms with Crippen molar-refractivity contribution >= 4 is 11.9 Å². The van der Waals surface area contributed by atoms with Crippen molar-refractivity contribution < 1.29 is 19.4 Å². The minimum Gasteiger partial charge on any atom is -0.481 e. The minimum atomic E-state index is -0.679. The van der Waals surface area contributed by atoms with E-state index in [0.29, 0.717) is 12.8 Å². The summed E-state index contributed by atoms with van der Waals surface area (Å²) in [5, 5.41) is 8.64. The number of unbranched alkanes of at least 4 members (excludes halogenated alkanes) is 17. The summed E-state index contributed by atoms with van der Waals surface area (Å²) >= 11 is 0. The molecule has 0 spiro atoms. The number of carboxylic acid groups (broad SMARTS) is 1. The van der Waals surface area contributed by atoms with Gasteiger partial charge >= 0.3 is 11.9 Å². The molecule has 0 radical (unpaired) electrons. The standard InChI is InChI=1S/C34H62O4/c1-3-5-6-7-8-9-10-11-12-13-14-19-22-25-28-31-34(37)38-32(4-2)29-26-23-20-17-15-16-18-21-24-27-30-33(35)36/h8-9,11-12,32H,3-7,10,13-31H2,1-2H3,(H,35,36)/b9-8-,12-11-. The lowest BCUT2D eigenvalue weighted by Gasteiger charge is -2.16. The van der Waals surface area contributed by atoms with Gasteiger partial charge in [0.25, 0.3) is 0 Å². The van der Waals surface area contributed by atoms with Crippen molar-refractivity contribution in [1.29, 1.82) is 0 Å². The number of esters is 1. The number of carbonyl (C=O) groups excluding carboxylic acids is 1. The molecular weight excluding hydrogens is 472 g/mol. The van der Waals surface area contributed by atoms with Crippen molar-refractivity contribution in [3.8, 4) is 0 Å². The van der Waals surface area contributed by atoms with Crippen LogP contribution in [-0.2, 0) is 14.3 Å². The second-order valence-electron chi connectivity index (χ2n) is 11.0. The third-order valence-corrected chi connectivity index (χ3v) is 7.25. The van der Waals surface area contributed by atoms with Crippen molar-refractivity contribution in [3.63, 3.8) is 0 Å². The van der Waals surface area contributed by atoms with Gasteiger partial charge in [-0.25, -0.2) is 0 Å². The fourth-order valence-electron chi connectivity index (χ4n) is 4.73. The number of hydrogen-bond acceptors (Lipinski definition) is 3. The molecule has 4 heteroatoms. The Balaban J connectivity index is 3.50. The van der Waals surface area contributed by atoms with E-state index in [0.717, 1.165) is 57.8 Å². The highest BCUT2D eigenvalue weighted by molar-refractivity contribution is 5.69. The summed E-state index contributed by atoms with van der Waals surface area (Å²) in [6.45, 7) is 4.36. The molecule has 0 aliphatic carbocycles. The summed E-state index contributed by atoms with van der Waals surface area (Å²) in [7, 11) is 0. The van der Waals surface area contributed by atoms with Gasteiger partial charge in [-0.05, 0) is 64.2 Å². The highest BCUT2D eigenvalue weighted by Crippen LogP contribution is 2.16. The zero-order chi connectivity index (χ0) is 27.9. The van der Waals surface area contributed by atoms with Gasteiger partial charge < -0.3 is 9.84 Å². The van der Waals surface area contributed by atoms with E-state index in [-0.39, 0.29) is 12.1 Å². The molecule has 1 unspecified atom stereocenters. The van der Waals surface area contributed by atoms with Crippen LogP contribution < -0.4 is 0 Å². The number of carbonyl (C=O) groups is 2. The quantitative estimate of drug-likeness (QED) is 0.0589. The third kappa shape index (κ3) is 29.0. The van der Waals surface area contributed by atoms with Gasteiger partial charge in [-0.3, -0.25) is 9.59 Å². The zero-order valence-electron chi connectivity index (χ0n) is 25.2. The lowest BCUT2D eigenvalue weighted by Crippen LogP contribution is -2.17. The largest absolute Gasteiger partial charge is 0.481 e. The van der Waals surface area contributed by atoms with E-state index >= 15 is 0 Å². The van der Waals surface area contributed by atoms with Crippen molar-refractivity contribution in [2.75, 3.05) is 0 Å². The molecule has 222 valence electrons. The van der Waals surface area contributed by atoms with Gasteiger partial charge in [0.1, 0.15) is 6.10 Å². The second kappa shape index (κ2) is 30.0. The maximum Gasteiger partial charge on any atom is 0.306 e. The Morgan fingerprint density at radius 1 is 0.605 bits per heavy atom. The molecule has 0 rings (SSSR count). The van der Waals surface area contributed by atoms with Crippen LogP contribution in [-0.4, -0.2) is 23.1 Å². The zero-order valence-corrected chi connectivity index (χ0v) is 25.2. The Morgan fingerprint density at radius 2 is 1.08 bits per heavy atom. The van der Waals surface area contributed by atoms with Crippen LogP contribution >= 0.6 is 0 Å². The number of allylic oxidation sites excluding steroid dienone is 4. The molecule has 0 aromatic heterocycles. The third-order valence-electron chi connectivity index (χ3n) is 7.25. The van der Waals surface area contributed by atoms with Gasteiger partial charge in [-0.1, -0.05) is 122 Å². The van der Waals surface area contributed by atoms with Gasteiger partial charge in [0.05, 0.1) is 0 Å². The van der Waals surface area contributed by atoms with Crippen LogP contribution in [0.1, 0.15) is 174 Å². The Kier molecular flexibility index (Phi) is 28.7. The molecule has 0 aliphatic rings. The molecule has 0 amide bonds. The number of ether oxygens (including phenoxy) is 1. The van der Waals surface area contributed by atoms with Crippen LogP contribution in [0.2, 0.25) is 0 Å².